The predicted octanol–water partition coefficient (Wildman–Crippen LogP) is 2.11. The van der Waals surface area contributed by atoms with Gasteiger partial charge in [-0.2, -0.15) is 10.4 Å². The van der Waals surface area contributed by atoms with Crippen LogP contribution in [0.3, 0.4) is 0 Å². The lowest BCUT2D eigenvalue weighted by Gasteiger charge is -2.04. The first-order chi connectivity index (χ1) is 7.61. The van der Waals surface area contributed by atoms with Crippen LogP contribution in [0.5, 0.6) is 0 Å². The average molecular weight is 214 g/mol. The van der Waals surface area contributed by atoms with Gasteiger partial charge in [0.05, 0.1) is 11.4 Å². The fourth-order valence-corrected chi connectivity index (χ4v) is 1.74. The minimum atomic E-state index is 0.528. The van der Waals surface area contributed by atoms with E-state index < -0.39 is 0 Å². The van der Waals surface area contributed by atoms with E-state index >= 15 is 0 Å². The molecule has 0 saturated heterocycles. The van der Waals surface area contributed by atoms with E-state index in [-0.39, 0.29) is 0 Å². The molecule has 2 aromatic rings. The van der Waals surface area contributed by atoms with Crippen molar-refractivity contribution in [3.63, 3.8) is 0 Å². The first-order valence-electron chi connectivity index (χ1n) is 5.37. The molecule has 0 spiro atoms. The standard InChI is InChI=1S/C12H14N4/c1-8(2)6-10-4-5-12-14-9(3)11(7-13)16(12)15-10/h4-5,8H,6H2,1-3H3. The van der Waals surface area contributed by atoms with Crippen LogP contribution in [0.25, 0.3) is 5.65 Å². The van der Waals surface area contributed by atoms with Crippen LogP contribution in [0.1, 0.15) is 30.9 Å². The third kappa shape index (κ3) is 1.76. The Hall–Kier alpha value is -1.89. The van der Waals surface area contributed by atoms with Gasteiger partial charge in [0.25, 0.3) is 0 Å². The molecule has 82 valence electrons. The summed E-state index contributed by atoms with van der Waals surface area (Å²) < 4.78 is 1.63. The Morgan fingerprint density at radius 3 is 2.81 bits per heavy atom. The van der Waals surface area contributed by atoms with Crippen molar-refractivity contribution in [3.8, 4) is 6.07 Å². The van der Waals surface area contributed by atoms with E-state index in [1.54, 1.807) is 4.52 Å². The monoisotopic (exact) mass is 214 g/mol. The van der Waals surface area contributed by atoms with Crippen molar-refractivity contribution in [1.29, 1.82) is 5.26 Å². The number of nitrogens with zero attached hydrogens (tertiary/aromatic N) is 4. The van der Waals surface area contributed by atoms with E-state index in [0.717, 1.165) is 23.5 Å². The Bertz CT molecular complexity index is 560. The van der Waals surface area contributed by atoms with Crippen molar-refractivity contribution in [1.82, 2.24) is 14.6 Å². The quantitative estimate of drug-likeness (QED) is 0.769. The molecule has 4 nitrogen and oxygen atoms in total. The van der Waals surface area contributed by atoms with Gasteiger partial charge in [-0.25, -0.2) is 9.50 Å². The maximum atomic E-state index is 9.03. The maximum absolute atomic E-state index is 9.03. The largest absolute Gasteiger partial charge is 0.231 e. The van der Waals surface area contributed by atoms with Crippen LogP contribution in [-0.2, 0) is 6.42 Å². The summed E-state index contributed by atoms with van der Waals surface area (Å²) in [6.45, 7) is 6.13. The summed E-state index contributed by atoms with van der Waals surface area (Å²) in [5.41, 5.74) is 3.00. The van der Waals surface area contributed by atoms with Gasteiger partial charge in [0.1, 0.15) is 6.07 Å². The fourth-order valence-electron chi connectivity index (χ4n) is 1.74. The topological polar surface area (TPSA) is 54.0 Å². The molecule has 0 aromatic carbocycles. The lowest BCUT2D eigenvalue weighted by molar-refractivity contribution is 0.624. The lowest BCUT2D eigenvalue weighted by Crippen LogP contribution is -2.03. The van der Waals surface area contributed by atoms with Crippen LogP contribution in [0.15, 0.2) is 12.1 Å². The third-order valence-electron chi connectivity index (χ3n) is 2.43. The van der Waals surface area contributed by atoms with Gasteiger partial charge in [-0.1, -0.05) is 13.8 Å². The van der Waals surface area contributed by atoms with E-state index in [9.17, 15) is 0 Å². The van der Waals surface area contributed by atoms with Gasteiger partial charge in [-0.15, -0.1) is 0 Å². The highest BCUT2D eigenvalue weighted by molar-refractivity contribution is 5.45. The molecule has 4 heteroatoms. The predicted molar refractivity (Wildman–Crippen MR) is 61.0 cm³/mol. The summed E-state index contributed by atoms with van der Waals surface area (Å²) in [7, 11) is 0. The molecule has 2 aromatic heterocycles. The molecule has 0 aliphatic rings. The first-order valence-corrected chi connectivity index (χ1v) is 5.37. The summed E-state index contributed by atoms with van der Waals surface area (Å²) in [5, 5.41) is 13.5. The highest BCUT2D eigenvalue weighted by atomic mass is 15.3. The average Bonchev–Trinajstić information content (AvgIpc) is 2.52. The van der Waals surface area contributed by atoms with E-state index in [1.807, 2.05) is 19.1 Å². The van der Waals surface area contributed by atoms with Crippen LogP contribution in [0, 0.1) is 24.2 Å². The number of nitriles is 1. The van der Waals surface area contributed by atoms with Crippen molar-refractivity contribution in [2.75, 3.05) is 0 Å². The number of hydrogen-bond donors (Lipinski definition) is 0. The number of hydrogen-bond acceptors (Lipinski definition) is 3. The summed E-state index contributed by atoms with van der Waals surface area (Å²) in [5.74, 6) is 0.556. The molecule has 0 radical (unpaired) electrons. The molecule has 16 heavy (non-hydrogen) atoms. The van der Waals surface area contributed by atoms with Gasteiger partial charge in [0.15, 0.2) is 11.3 Å². The molecular weight excluding hydrogens is 200 g/mol. The Balaban J connectivity index is 2.56. The summed E-state index contributed by atoms with van der Waals surface area (Å²) in [6.07, 6.45) is 0.915. The zero-order chi connectivity index (χ0) is 11.7. The SMILES string of the molecule is Cc1nc2ccc(CC(C)C)nn2c1C#N. The molecule has 0 N–H and O–H groups in total. The van der Waals surface area contributed by atoms with Crippen LogP contribution in [0.4, 0.5) is 0 Å². The second kappa shape index (κ2) is 3.93. The van der Waals surface area contributed by atoms with Crippen molar-refractivity contribution in [2.24, 2.45) is 5.92 Å². The van der Waals surface area contributed by atoms with Crippen LogP contribution in [-0.4, -0.2) is 14.6 Å². The molecule has 0 saturated carbocycles. The summed E-state index contributed by atoms with van der Waals surface area (Å²) in [4.78, 5) is 4.28. The summed E-state index contributed by atoms with van der Waals surface area (Å²) >= 11 is 0. The van der Waals surface area contributed by atoms with Crippen molar-refractivity contribution in [2.45, 2.75) is 27.2 Å². The lowest BCUT2D eigenvalue weighted by atomic mass is 10.1. The molecule has 0 aliphatic heterocycles. The smallest absolute Gasteiger partial charge is 0.165 e. The minimum absolute atomic E-state index is 0.528. The van der Waals surface area contributed by atoms with Crippen LogP contribution in [0.2, 0.25) is 0 Å². The number of aryl methyl sites for hydroxylation is 1. The number of fused-ring (bicyclic) bond motifs is 1. The van der Waals surface area contributed by atoms with Gasteiger partial charge in [0, 0.05) is 0 Å². The van der Waals surface area contributed by atoms with Gasteiger partial charge < -0.3 is 0 Å². The number of aromatic nitrogens is 3. The number of imidazole rings is 1. The van der Waals surface area contributed by atoms with Crippen LogP contribution >= 0.6 is 0 Å². The molecule has 2 heterocycles. The zero-order valence-corrected chi connectivity index (χ0v) is 9.73. The highest BCUT2D eigenvalue weighted by Gasteiger charge is 2.09. The summed E-state index contributed by atoms with van der Waals surface area (Å²) in [6, 6.07) is 6.03. The van der Waals surface area contributed by atoms with E-state index in [4.69, 9.17) is 5.26 Å². The van der Waals surface area contributed by atoms with E-state index in [1.165, 1.54) is 0 Å². The van der Waals surface area contributed by atoms with Crippen molar-refractivity contribution in [3.05, 3.63) is 29.2 Å². The van der Waals surface area contributed by atoms with Crippen molar-refractivity contribution < 1.29 is 0 Å². The minimum Gasteiger partial charge on any atom is -0.231 e. The molecule has 2 rings (SSSR count). The molecule has 0 amide bonds. The van der Waals surface area contributed by atoms with Gasteiger partial charge in [0.2, 0.25) is 0 Å². The Morgan fingerprint density at radius 1 is 1.44 bits per heavy atom. The number of rotatable bonds is 2. The first kappa shape index (κ1) is 10.6. The Kier molecular flexibility index (Phi) is 2.61. The highest BCUT2D eigenvalue weighted by Crippen LogP contribution is 2.11. The van der Waals surface area contributed by atoms with E-state index in [2.05, 4.69) is 30.0 Å². The Labute approximate surface area is 94.5 Å². The zero-order valence-electron chi connectivity index (χ0n) is 9.73. The molecule has 0 aliphatic carbocycles. The molecular formula is C12H14N4. The second-order valence-electron chi connectivity index (χ2n) is 4.35. The van der Waals surface area contributed by atoms with Crippen LogP contribution < -0.4 is 0 Å². The molecule has 0 unspecified atom stereocenters. The van der Waals surface area contributed by atoms with Gasteiger partial charge in [-0.05, 0) is 31.4 Å². The van der Waals surface area contributed by atoms with Crippen molar-refractivity contribution >= 4 is 5.65 Å². The third-order valence-corrected chi connectivity index (χ3v) is 2.43. The normalized spacial score (nSPS) is 10.9. The molecule has 0 fully saturated rings. The second-order valence-corrected chi connectivity index (χ2v) is 4.35. The Morgan fingerprint density at radius 2 is 2.19 bits per heavy atom. The fraction of sp³-hybridized carbons (Fsp3) is 0.417. The van der Waals surface area contributed by atoms with Gasteiger partial charge >= 0.3 is 0 Å². The molecule has 0 bridgehead atoms. The van der Waals surface area contributed by atoms with Gasteiger partial charge in [-0.3, -0.25) is 0 Å². The maximum Gasteiger partial charge on any atom is 0.165 e. The van der Waals surface area contributed by atoms with E-state index in [0.29, 0.717) is 11.6 Å². The molecule has 0 atom stereocenters.